The van der Waals surface area contributed by atoms with Crippen LogP contribution < -0.4 is 10.6 Å². The van der Waals surface area contributed by atoms with E-state index in [9.17, 15) is 4.79 Å². The zero-order chi connectivity index (χ0) is 14.7. The number of amides is 1. The fourth-order valence-electron chi connectivity index (χ4n) is 3.14. The van der Waals surface area contributed by atoms with Crippen molar-refractivity contribution in [1.82, 2.24) is 13.3 Å². The average Bonchev–Trinajstić information content (AvgIpc) is 2.98. The van der Waals surface area contributed by atoms with Gasteiger partial charge in [0.05, 0.1) is 0 Å². The van der Waals surface area contributed by atoms with Crippen LogP contribution in [0, 0.1) is 5.41 Å². The van der Waals surface area contributed by atoms with Crippen molar-refractivity contribution in [3.8, 4) is 0 Å². The van der Waals surface area contributed by atoms with Gasteiger partial charge in [-0.2, -0.15) is 0 Å². The molecule has 0 bridgehead atoms. The molecule has 1 saturated heterocycles. The van der Waals surface area contributed by atoms with Gasteiger partial charge in [0.25, 0.3) is 0 Å². The number of carbonyl (C=O) groups excluding carboxylic acids is 1. The standard InChI is InChI=1S/C15H20N4OSe/c1-2-6-15(7-9-16-10-8-15)14(20)17-11-4-3-5-12-13(11)19-21-18-12/h3-5,16H,2,6-10H2,1H3,(H,17,20). The van der Waals surface area contributed by atoms with Crippen LogP contribution in [0.5, 0.6) is 0 Å². The first-order chi connectivity index (χ1) is 10.2. The number of hydrogen-bond donors (Lipinski definition) is 2. The molecule has 0 aliphatic carbocycles. The van der Waals surface area contributed by atoms with Gasteiger partial charge < -0.3 is 0 Å². The average molecular weight is 351 g/mol. The Labute approximate surface area is 130 Å². The third-order valence-electron chi connectivity index (χ3n) is 4.31. The Hall–Kier alpha value is -1.23. The molecule has 5 nitrogen and oxygen atoms in total. The zero-order valence-electron chi connectivity index (χ0n) is 12.2. The number of piperidine rings is 1. The number of anilines is 1. The summed E-state index contributed by atoms with van der Waals surface area (Å²) in [4.78, 5) is 12.9. The molecule has 21 heavy (non-hydrogen) atoms. The van der Waals surface area contributed by atoms with Gasteiger partial charge in [0, 0.05) is 0 Å². The van der Waals surface area contributed by atoms with Crippen LogP contribution in [0.15, 0.2) is 18.2 Å². The van der Waals surface area contributed by atoms with Gasteiger partial charge in [0.1, 0.15) is 0 Å². The van der Waals surface area contributed by atoms with Crippen LogP contribution in [-0.2, 0) is 4.79 Å². The number of nitrogens with zero attached hydrogens (tertiary/aromatic N) is 2. The summed E-state index contributed by atoms with van der Waals surface area (Å²) in [5.74, 6) is 0.147. The van der Waals surface area contributed by atoms with Crippen LogP contribution in [-0.4, -0.2) is 41.9 Å². The quantitative estimate of drug-likeness (QED) is 0.825. The van der Waals surface area contributed by atoms with Gasteiger partial charge in [-0.05, 0) is 0 Å². The fraction of sp³-hybridized carbons (Fsp3) is 0.533. The van der Waals surface area contributed by atoms with Crippen molar-refractivity contribution in [3.05, 3.63) is 18.2 Å². The van der Waals surface area contributed by atoms with Gasteiger partial charge in [-0.3, -0.25) is 0 Å². The van der Waals surface area contributed by atoms with E-state index in [1.165, 1.54) is 0 Å². The second-order valence-corrected chi connectivity index (χ2v) is 6.78. The maximum atomic E-state index is 12.9. The molecule has 2 N–H and O–H groups in total. The van der Waals surface area contributed by atoms with Gasteiger partial charge in [0.2, 0.25) is 0 Å². The van der Waals surface area contributed by atoms with Gasteiger partial charge in [0.15, 0.2) is 0 Å². The number of rotatable bonds is 4. The molecule has 1 amide bonds. The van der Waals surface area contributed by atoms with Gasteiger partial charge >= 0.3 is 130 Å². The van der Waals surface area contributed by atoms with Crippen LogP contribution in [0.4, 0.5) is 5.69 Å². The second kappa shape index (κ2) is 6.26. The Bertz CT molecular complexity index is 628. The number of aromatic nitrogens is 2. The molecule has 1 aromatic heterocycles. The topological polar surface area (TPSA) is 66.9 Å². The maximum absolute atomic E-state index is 12.9. The van der Waals surface area contributed by atoms with Crippen molar-refractivity contribution in [2.45, 2.75) is 32.6 Å². The third kappa shape index (κ3) is 2.89. The molecule has 1 aliphatic rings. The molecule has 112 valence electrons. The fourth-order valence-corrected chi connectivity index (χ4v) is 4.29. The number of benzene rings is 1. The summed E-state index contributed by atoms with van der Waals surface area (Å²) in [5.41, 5.74) is 2.34. The Morgan fingerprint density at radius 2 is 2.19 bits per heavy atom. The Morgan fingerprint density at radius 3 is 2.95 bits per heavy atom. The van der Waals surface area contributed by atoms with E-state index < -0.39 is 0 Å². The number of nitrogens with one attached hydrogen (secondary N) is 2. The summed E-state index contributed by atoms with van der Waals surface area (Å²) in [7, 11) is 0. The van der Waals surface area contributed by atoms with Crippen molar-refractivity contribution in [2.24, 2.45) is 5.41 Å². The minimum absolute atomic E-state index is 0.0704. The molecule has 2 heterocycles. The monoisotopic (exact) mass is 352 g/mol. The van der Waals surface area contributed by atoms with Crippen molar-refractivity contribution in [1.29, 1.82) is 0 Å². The summed E-state index contributed by atoms with van der Waals surface area (Å²) in [6.45, 7) is 3.99. The van der Waals surface area contributed by atoms with E-state index in [-0.39, 0.29) is 26.3 Å². The molecule has 1 fully saturated rings. The summed E-state index contributed by atoms with van der Waals surface area (Å²) in [6, 6.07) is 5.82. The predicted octanol–water partition coefficient (Wildman–Crippen LogP) is 1.80. The predicted molar refractivity (Wildman–Crippen MR) is 84.6 cm³/mol. The second-order valence-electron chi connectivity index (χ2n) is 5.67. The molecule has 6 heteroatoms. The molecule has 2 aromatic rings. The van der Waals surface area contributed by atoms with E-state index in [0.29, 0.717) is 0 Å². The molecule has 0 spiro atoms. The first kappa shape index (κ1) is 14.7. The van der Waals surface area contributed by atoms with E-state index in [1.54, 1.807) is 0 Å². The first-order valence-electron chi connectivity index (χ1n) is 7.49. The van der Waals surface area contributed by atoms with Crippen molar-refractivity contribution < 1.29 is 4.79 Å². The molecule has 0 unspecified atom stereocenters. The van der Waals surface area contributed by atoms with Crippen molar-refractivity contribution in [2.75, 3.05) is 18.4 Å². The van der Waals surface area contributed by atoms with E-state index in [0.717, 1.165) is 55.5 Å². The Morgan fingerprint density at radius 1 is 1.38 bits per heavy atom. The summed E-state index contributed by atoms with van der Waals surface area (Å²) >= 11 is -0.0704. The minimum atomic E-state index is -0.233. The number of hydrogen-bond acceptors (Lipinski definition) is 4. The Balaban J connectivity index is 1.85. The molecule has 1 aliphatic heterocycles. The van der Waals surface area contributed by atoms with Gasteiger partial charge in [-0.15, -0.1) is 0 Å². The SMILES string of the molecule is CCCC1(C(=O)Nc2cccc3n[se]nc23)CCNCC1. The number of fused-ring (bicyclic) bond motifs is 1. The summed E-state index contributed by atoms with van der Waals surface area (Å²) in [5, 5.41) is 6.47. The first-order valence-corrected chi connectivity index (χ1v) is 9.02. The van der Waals surface area contributed by atoms with E-state index in [1.807, 2.05) is 18.2 Å². The van der Waals surface area contributed by atoms with Crippen molar-refractivity contribution in [3.63, 3.8) is 0 Å². The summed E-state index contributed by atoms with van der Waals surface area (Å²) < 4.78 is 8.80. The van der Waals surface area contributed by atoms with Crippen LogP contribution in [0.25, 0.3) is 11.0 Å². The molecular weight excluding hydrogens is 331 g/mol. The van der Waals surface area contributed by atoms with Gasteiger partial charge in [-0.1, -0.05) is 0 Å². The van der Waals surface area contributed by atoms with Gasteiger partial charge in [-0.25, -0.2) is 0 Å². The van der Waals surface area contributed by atoms with E-state index in [2.05, 4.69) is 25.5 Å². The molecule has 0 saturated carbocycles. The van der Waals surface area contributed by atoms with Crippen LogP contribution in [0.3, 0.4) is 0 Å². The number of carbonyl (C=O) groups is 1. The van der Waals surface area contributed by atoms with E-state index >= 15 is 0 Å². The third-order valence-corrected chi connectivity index (χ3v) is 5.44. The van der Waals surface area contributed by atoms with E-state index in [4.69, 9.17) is 0 Å². The summed E-state index contributed by atoms with van der Waals surface area (Å²) in [6.07, 6.45) is 3.80. The Kier molecular flexibility index (Phi) is 4.38. The zero-order valence-corrected chi connectivity index (χ0v) is 13.9. The van der Waals surface area contributed by atoms with Crippen molar-refractivity contribution >= 4 is 37.6 Å². The van der Waals surface area contributed by atoms with Crippen LogP contribution in [0.1, 0.15) is 32.6 Å². The van der Waals surface area contributed by atoms with Crippen LogP contribution >= 0.6 is 0 Å². The molecule has 3 rings (SSSR count). The normalized spacial score (nSPS) is 17.8. The molecule has 0 radical (unpaired) electrons. The molecule has 0 atom stereocenters. The molecular formula is C15H20N4OSe. The van der Waals surface area contributed by atoms with Crippen LogP contribution in [0.2, 0.25) is 0 Å². The molecule has 1 aromatic carbocycles.